The van der Waals surface area contributed by atoms with Gasteiger partial charge in [0.15, 0.2) is 0 Å². The van der Waals surface area contributed by atoms with E-state index in [1.165, 1.54) is 28.7 Å². The highest BCUT2D eigenvalue weighted by molar-refractivity contribution is 7.18. The molecule has 178 valence electrons. The van der Waals surface area contributed by atoms with Crippen molar-refractivity contribution in [1.29, 1.82) is 0 Å². The Labute approximate surface area is 199 Å². The molecule has 0 atom stereocenters. The van der Waals surface area contributed by atoms with Crippen LogP contribution in [0.3, 0.4) is 0 Å². The molecule has 0 unspecified atom stereocenters. The maximum Gasteiger partial charge on any atom is 0.419 e. The number of hydrogen-bond donors (Lipinski definition) is 1. The van der Waals surface area contributed by atoms with E-state index in [1.54, 1.807) is 13.0 Å². The van der Waals surface area contributed by atoms with Crippen molar-refractivity contribution in [2.75, 3.05) is 0 Å². The van der Waals surface area contributed by atoms with E-state index < -0.39 is 23.5 Å². The molecule has 0 amide bonds. The van der Waals surface area contributed by atoms with Crippen LogP contribution in [0.25, 0.3) is 20.8 Å². The van der Waals surface area contributed by atoms with Gasteiger partial charge in [0.2, 0.25) is 0 Å². The minimum Gasteiger partial charge on any atom is -0.488 e. The number of carboxylic acid groups (broad SMARTS) is 1. The summed E-state index contributed by atoms with van der Waals surface area (Å²) in [6, 6.07) is 6.50. The third kappa shape index (κ3) is 5.20. The lowest BCUT2D eigenvalue weighted by Gasteiger charge is -2.08. The monoisotopic (exact) mass is 510 g/mol. The number of carbonyl (C=O) groups is 1. The highest BCUT2D eigenvalue weighted by Gasteiger charge is 2.34. The van der Waals surface area contributed by atoms with E-state index >= 15 is 0 Å². The van der Waals surface area contributed by atoms with Crippen molar-refractivity contribution in [2.45, 2.75) is 39.5 Å². The lowest BCUT2D eigenvalue weighted by Crippen LogP contribution is -2.07. The molecule has 11 heteroatoms. The summed E-state index contributed by atoms with van der Waals surface area (Å²) in [6.07, 6.45) is -4.39. The molecule has 0 fully saturated rings. The number of nitrogens with zero attached hydrogens (tertiary/aromatic N) is 2. The largest absolute Gasteiger partial charge is 0.488 e. The number of aryl methyl sites for hydroxylation is 3. The first-order valence-electron chi connectivity index (χ1n) is 10.1. The fraction of sp³-hybridized carbons (Fsp3) is 0.261. The van der Waals surface area contributed by atoms with Crippen molar-refractivity contribution in [3.63, 3.8) is 0 Å². The van der Waals surface area contributed by atoms with Crippen LogP contribution in [0.15, 0.2) is 30.3 Å². The molecule has 0 aliphatic carbocycles. The Morgan fingerprint density at radius 2 is 1.88 bits per heavy atom. The van der Waals surface area contributed by atoms with Crippen LogP contribution < -0.4 is 4.74 Å². The summed E-state index contributed by atoms with van der Waals surface area (Å²) >= 11 is 2.67. The Kier molecular flexibility index (Phi) is 6.59. The van der Waals surface area contributed by atoms with E-state index in [4.69, 9.17) is 9.84 Å². The lowest BCUT2D eigenvalue weighted by molar-refractivity contribution is -0.140. The number of thiazole rings is 2. The molecule has 2 aromatic carbocycles. The molecule has 2 heterocycles. The van der Waals surface area contributed by atoms with Crippen LogP contribution in [-0.2, 0) is 24.0 Å². The molecular formula is C23H18F4N2O3S2. The summed E-state index contributed by atoms with van der Waals surface area (Å²) in [5.74, 6) is -1.61. The number of carboxylic acids is 1. The quantitative estimate of drug-likeness (QED) is 0.277. The predicted octanol–water partition coefficient (Wildman–Crippen LogP) is 6.79. The Morgan fingerprint density at radius 3 is 2.56 bits per heavy atom. The molecule has 4 aromatic rings. The molecule has 0 saturated heterocycles. The van der Waals surface area contributed by atoms with Gasteiger partial charge in [-0.05, 0) is 37.6 Å². The van der Waals surface area contributed by atoms with E-state index in [1.807, 2.05) is 13.0 Å². The lowest BCUT2D eigenvalue weighted by atomic mass is 10.1. The first kappa shape index (κ1) is 24.1. The van der Waals surface area contributed by atoms with Crippen LogP contribution in [0, 0.1) is 19.7 Å². The maximum absolute atomic E-state index is 14.0. The molecule has 2 aromatic heterocycles. The third-order valence-corrected chi connectivity index (χ3v) is 7.31. The highest BCUT2D eigenvalue weighted by atomic mass is 32.1. The second kappa shape index (κ2) is 9.30. The van der Waals surface area contributed by atoms with Gasteiger partial charge >= 0.3 is 12.1 Å². The van der Waals surface area contributed by atoms with Gasteiger partial charge in [-0.15, -0.1) is 22.7 Å². The maximum atomic E-state index is 14.0. The van der Waals surface area contributed by atoms with E-state index in [-0.39, 0.29) is 18.6 Å². The summed E-state index contributed by atoms with van der Waals surface area (Å²) in [6.45, 7) is 3.82. The van der Waals surface area contributed by atoms with Gasteiger partial charge in [0.1, 0.15) is 23.2 Å². The van der Waals surface area contributed by atoms with Crippen LogP contribution in [0.5, 0.6) is 5.75 Å². The molecule has 0 aliphatic rings. The molecule has 0 spiro atoms. The molecular weight excluding hydrogens is 492 g/mol. The first-order valence-corrected chi connectivity index (χ1v) is 11.7. The Balaban J connectivity index is 1.51. The Hall–Kier alpha value is -3.05. The number of aromatic nitrogens is 2. The normalized spacial score (nSPS) is 11.8. The zero-order valence-electron chi connectivity index (χ0n) is 18.0. The minimum absolute atomic E-state index is 0.0119. The molecule has 1 N–H and O–H groups in total. The minimum atomic E-state index is -4.76. The van der Waals surface area contributed by atoms with Crippen LogP contribution >= 0.6 is 22.7 Å². The van der Waals surface area contributed by atoms with Gasteiger partial charge in [0.25, 0.3) is 0 Å². The number of alkyl halides is 3. The van der Waals surface area contributed by atoms with Gasteiger partial charge in [-0.3, -0.25) is 4.79 Å². The van der Waals surface area contributed by atoms with Crippen LogP contribution in [-0.4, -0.2) is 21.0 Å². The summed E-state index contributed by atoms with van der Waals surface area (Å²) in [5.41, 5.74) is 1.19. The molecule has 0 radical (unpaired) electrons. The van der Waals surface area contributed by atoms with E-state index in [9.17, 15) is 22.4 Å². The topological polar surface area (TPSA) is 72.3 Å². The average Bonchev–Trinajstić information content (AvgIpc) is 3.32. The van der Waals surface area contributed by atoms with Crippen molar-refractivity contribution in [3.05, 3.63) is 62.9 Å². The van der Waals surface area contributed by atoms with E-state index in [0.29, 0.717) is 34.5 Å². The van der Waals surface area contributed by atoms with Crippen molar-refractivity contribution < 1.29 is 32.2 Å². The van der Waals surface area contributed by atoms with Gasteiger partial charge in [-0.25, -0.2) is 14.4 Å². The van der Waals surface area contributed by atoms with Gasteiger partial charge < -0.3 is 9.84 Å². The number of ether oxygens (including phenoxy) is 1. The molecule has 0 saturated carbocycles. The van der Waals surface area contributed by atoms with Crippen molar-refractivity contribution in [3.8, 4) is 16.3 Å². The summed E-state index contributed by atoms with van der Waals surface area (Å²) in [5, 5.41) is 10.00. The van der Waals surface area contributed by atoms with Gasteiger partial charge in [0.05, 0.1) is 37.8 Å². The number of hydrogen-bond acceptors (Lipinski definition) is 6. The second-order valence-corrected chi connectivity index (χ2v) is 9.79. The smallest absolute Gasteiger partial charge is 0.419 e. The predicted molar refractivity (Wildman–Crippen MR) is 122 cm³/mol. The summed E-state index contributed by atoms with van der Waals surface area (Å²) in [7, 11) is 0. The van der Waals surface area contributed by atoms with E-state index in [0.717, 1.165) is 26.2 Å². The average molecular weight is 511 g/mol. The van der Waals surface area contributed by atoms with Crippen LogP contribution in [0.2, 0.25) is 0 Å². The highest BCUT2D eigenvalue weighted by Crippen LogP contribution is 2.36. The van der Waals surface area contributed by atoms with Crippen molar-refractivity contribution in [2.24, 2.45) is 0 Å². The molecule has 0 bridgehead atoms. The zero-order chi connectivity index (χ0) is 24.6. The number of rotatable bonds is 7. The SMILES string of the molecule is Cc1cc2sc(CCC(=O)O)nc2cc1OCc1sc(-c2ccc(C(F)(F)F)c(F)c2)nc1C. The number of aliphatic carboxylic acids is 1. The van der Waals surface area contributed by atoms with Crippen LogP contribution in [0.1, 0.15) is 33.1 Å². The van der Waals surface area contributed by atoms with Gasteiger partial charge in [-0.1, -0.05) is 6.07 Å². The summed E-state index contributed by atoms with van der Waals surface area (Å²) in [4.78, 5) is 20.4. The number of fused-ring (bicyclic) bond motifs is 1. The van der Waals surface area contributed by atoms with Crippen LogP contribution in [0.4, 0.5) is 17.6 Å². The Morgan fingerprint density at radius 1 is 1.12 bits per heavy atom. The van der Waals surface area contributed by atoms with Gasteiger partial charge in [-0.2, -0.15) is 13.2 Å². The molecule has 34 heavy (non-hydrogen) atoms. The van der Waals surface area contributed by atoms with Gasteiger partial charge in [0, 0.05) is 18.1 Å². The number of halogens is 4. The third-order valence-electron chi connectivity index (χ3n) is 5.06. The fourth-order valence-electron chi connectivity index (χ4n) is 3.29. The molecule has 0 aliphatic heterocycles. The number of benzene rings is 2. The van der Waals surface area contributed by atoms with Crippen molar-refractivity contribution >= 4 is 38.9 Å². The molecule has 4 rings (SSSR count). The summed E-state index contributed by atoms with van der Waals surface area (Å²) < 4.78 is 59.3. The fourth-order valence-corrected chi connectivity index (χ4v) is 5.31. The molecule has 5 nitrogen and oxygen atoms in total. The Bertz CT molecular complexity index is 1380. The standard InChI is InChI=1S/C23H18F4N2O3S2/c1-11-7-18-16(29-20(33-18)5-6-21(30)31)9-17(11)32-10-19-12(2)28-22(34-19)13-3-4-14(15(24)8-13)23(25,26)27/h3-4,7-9H,5-6,10H2,1-2H3,(H,30,31). The zero-order valence-corrected chi connectivity index (χ0v) is 19.6. The first-order chi connectivity index (χ1) is 16.0. The van der Waals surface area contributed by atoms with E-state index in [2.05, 4.69) is 9.97 Å². The second-order valence-electron chi connectivity index (χ2n) is 7.60. The van der Waals surface area contributed by atoms with Crippen molar-refractivity contribution in [1.82, 2.24) is 9.97 Å².